The Morgan fingerprint density at radius 1 is 0.933 bits per heavy atom. The van der Waals surface area contributed by atoms with Gasteiger partial charge in [-0.25, -0.2) is 0 Å². The Kier molecular flexibility index (Phi) is 2.79. The van der Waals surface area contributed by atoms with E-state index in [9.17, 15) is 0 Å². The van der Waals surface area contributed by atoms with Crippen LogP contribution >= 0.6 is 0 Å². The minimum atomic E-state index is 0.286. The fourth-order valence-corrected chi connectivity index (χ4v) is 1.25. The van der Waals surface area contributed by atoms with Crippen LogP contribution in [0.15, 0.2) is 48.8 Å². The lowest BCUT2D eigenvalue weighted by Gasteiger charge is -1.94. The molecule has 0 atom stereocenters. The average molecular weight is 197 g/mol. The third-order valence-electron chi connectivity index (χ3n) is 2.05. The summed E-state index contributed by atoms with van der Waals surface area (Å²) in [7, 11) is 0. The number of rotatable bonds is 2. The van der Waals surface area contributed by atoms with Crippen molar-refractivity contribution >= 4 is 12.2 Å². The molecule has 74 valence electrons. The second kappa shape index (κ2) is 4.42. The molecule has 0 fully saturated rings. The zero-order valence-electron chi connectivity index (χ0n) is 8.17. The summed E-state index contributed by atoms with van der Waals surface area (Å²) in [6, 6.07) is 11.0. The molecule has 0 amide bonds. The van der Waals surface area contributed by atoms with Crippen LogP contribution in [0.2, 0.25) is 0 Å². The van der Waals surface area contributed by atoms with Crippen LogP contribution in [-0.2, 0) is 0 Å². The largest absolute Gasteiger partial charge is 0.508 e. The highest BCUT2D eigenvalue weighted by atomic mass is 16.3. The number of aromatic hydroxyl groups is 1. The first kappa shape index (κ1) is 9.46. The molecule has 1 N–H and O–H groups in total. The molecule has 0 spiro atoms. The third kappa shape index (κ3) is 2.68. The summed E-state index contributed by atoms with van der Waals surface area (Å²) in [5.41, 5.74) is 2.11. The van der Waals surface area contributed by atoms with E-state index in [4.69, 9.17) is 5.11 Å². The fourth-order valence-electron chi connectivity index (χ4n) is 1.25. The molecule has 1 aromatic carbocycles. The monoisotopic (exact) mass is 197 g/mol. The molecule has 0 aliphatic heterocycles. The first-order valence-electron chi connectivity index (χ1n) is 4.72. The summed E-state index contributed by atoms with van der Waals surface area (Å²) >= 11 is 0. The van der Waals surface area contributed by atoms with E-state index >= 15 is 0 Å². The van der Waals surface area contributed by atoms with Crippen LogP contribution in [0.3, 0.4) is 0 Å². The van der Waals surface area contributed by atoms with Crippen LogP contribution in [0.25, 0.3) is 12.2 Å². The molecule has 0 radical (unpaired) electrons. The van der Waals surface area contributed by atoms with Gasteiger partial charge >= 0.3 is 0 Å². The lowest BCUT2D eigenvalue weighted by Crippen LogP contribution is -1.74. The number of hydrogen-bond donors (Lipinski definition) is 1. The van der Waals surface area contributed by atoms with E-state index in [1.54, 1.807) is 24.5 Å². The first-order chi connectivity index (χ1) is 7.34. The maximum absolute atomic E-state index is 9.11. The number of phenolic OH excluding ortho intramolecular Hbond substituents is 1. The van der Waals surface area contributed by atoms with Gasteiger partial charge < -0.3 is 5.11 Å². The van der Waals surface area contributed by atoms with Crippen molar-refractivity contribution in [3.8, 4) is 5.75 Å². The quantitative estimate of drug-likeness (QED) is 0.802. The molecule has 1 heterocycles. The number of pyridine rings is 1. The van der Waals surface area contributed by atoms with Gasteiger partial charge in [0.2, 0.25) is 0 Å². The van der Waals surface area contributed by atoms with Crippen molar-refractivity contribution in [1.82, 2.24) is 4.98 Å². The SMILES string of the molecule is Oc1ccc(C=Cc2cccnc2)cc1. The molecule has 0 unspecified atom stereocenters. The summed E-state index contributed by atoms with van der Waals surface area (Å²) in [5, 5.41) is 9.11. The Hall–Kier alpha value is -2.09. The fraction of sp³-hybridized carbons (Fsp3) is 0. The van der Waals surface area contributed by atoms with Crippen molar-refractivity contribution in [3.05, 3.63) is 59.9 Å². The van der Waals surface area contributed by atoms with Crippen LogP contribution in [0.4, 0.5) is 0 Å². The van der Waals surface area contributed by atoms with Gasteiger partial charge in [-0.3, -0.25) is 4.98 Å². The van der Waals surface area contributed by atoms with Gasteiger partial charge in [0.25, 0.3) is 0 Å². The normalized spacial score (nSPS) is 10.7. The van der Waals surface area contributed by atoms with Crippen molar-refractivity contribution in [2.75, 3.05) is 0 Å². The smallest absolute Gasteiger partial charge is 0.115 e. The van der Waals surface area contributed by atoms with Crippen LogP contribution < -0.4 is 0 Å². The van der Waals surface area contributed by atoms with Gasteiger partial charge in [0, 0.05) is 12.4 Å². The lowest BCUT2D eigenvalue weighted by molar-refractivity contribution is 0.475. The van der Waals surface area contributed by atoms with Crippen molar-refractivity contribution in [3.63, 3.8) is 0 Å². The predicted octanol–water partition coefficient (Wildman–Crippen LogP) is 2.96. The Labute approximate surface area is 88.5 Å². The number of benzene rings is 1. The van der Waals surface area contributed by atoms with Gasteiger partial charge in [-0.2, -0.15) is 0 Å². The molecule has 15 heavy (non-hydrogen) atoms. The lowest BCUT2D eigenvalue weighted by atomic mass is 10.1. The maximum atomic E-state index is 9.11. The van der Waals surface area contributed by atoms with Crippen molar-refractivity contribution in [2.24, 2.45) is 0 Å². The minimum absolute atomic E-state index is 0.286. The summed E-state index contributed by atoms with van der Waals surface area (Å²) in [5.74, 6) is 0.286. The van der Waals surface area contributed by atoms with E-state index in [2.05, 4.69) is 4.98 Å². The van der Waals surface area contributed by atoms with Gasteiger partial charge in [0.15, 0.2) is 0 Å². The molecule has 0 aliphatic rings. The first-order valence-corrected chi connectivity index (χ1v) is 4.72. The summed E-state index contributed by atoms with van der Waals surface area (Å²) in [6.07, 6.45) is 7.52. The van der Waals surface area contributed by atoms with E-state index in [1.165, 1.54) is 0 Å². The molecule has 0 saturated heterocycles. The van der Waals surface area contributed by atoms with E-state index in [1.807, 2.05) is 36.4 Å². The van der Waals surface area contributed by atoms with Crippen LogP contribution in [-0.4, -0.2) is 10.1 Å². The number of hydrogen-bond acceptors (Lipinski definition) is 2. The molecular weight excluding hydrogens is 186 g/mol. The molecule has 2 aromatic rings. The standard InChI is InChI=1S/C13H11NO/c15-13-7-5-11(6-8-13)3-4-12-2-1-9-14-10-12/h1-10,15H. The van der Waals surface area contributed by atoms with Gasteiger partial charge in [-0.05, 0) is 29.3 Å². The Bertz CT molecular complexity index is 446. The summed E-state index contributed by atoms with van der Waals surface area (Å²) < 4.78 is 0. The van der Waals surface area contributed by atoms with Crippen LogP contribution in [0.5, 0.6) is 5.75 Å². The van der Waals surface area contributed by atoms with Crippen molar-refractivity contribution in [2.45, 2.75) is 0 Å². The van der Waals surface area contributed by atoms with E-state index < -0.39 is 0 Å². The highest BCUT2D eigenvalue weighted by Crippen LogP contribution is 2.12. The van der Waals surface area contributed by atoms with Gasteiger partial charge in [0.05, 0.1) is 0 Å². The zero-order chi connectivity index (χ0) is 10.5. The molecule has 2 rings (SSSR count). The van der Waals surface area contributed by atoms with E-state index in [0.29, 0.717) is 0 Å². The maximum Gasteiger partial charge on any atom is 0.115 e. The summed E-state index contributed by atoms with van der Waals surface area (Å²) in [4.78, 5) is 4.02. The van der Waals surface area contributed by atoms with Gasteiger partial charge in [-0.15, -0.1) is 0 Å². The number of phenols is 1. The zero-order valence-corrected chi connectivity index (χ0v) is 8.17. The predicted molar refractivity (Wildman–Crippen MR) is 61.3 cm³/mol. The highest BCUT2D eigenvalue weighted by molar-refractivity contribution is 5.69. The second-order valence-corrected chi connectivity index (χ2v) is 3.21. The Morgan fingerprint density at radius 3 is 2.33 bits per heavy atom. The van der Waals surface area contributed by atoms with Gasteiger partial charge in [0.1, 0.15) is 5.75 Å². The third-order valence-corrected chi connectivity index (χ3v) is 2.05. The van der Waals surface area contributed by atoms with Crippen molar-refractivity contribution in [1.29, 1.82) is 0 Å². The molecule has 0 aliphatic carbocycles. The molecule has 1 aromatic heterocycles. The van der Waals surface area contributed by atoms with Crippen LogP contribution in [0, 0.1) is 0 Å². The number of nitrogens with zero attached hydrogens (tertiary/aromatic N) is 1. The van der Waals surface area contributed by atoms with E-state index in [-0.39, 0.29) is 5.75 Å². The number of aromatic nitrogens is 1. The molecular formula is C13H11NO. The average Bonchev–Trinajstić information content (AvgIpc) is 2.30. The minimum Gasteiger partial charge on any atom is -0.508 e. The topological polar surface area (TPSA) is 33.1 Å². The molecule has 0 bridgehead atoms. The Balaban J connectivity index is 2.15. The van der Waals surface area contributed by atoms with E-state index in [0.717, 1.165) is 11.1 Å². The van der Waals surface area contributed by atoms with Crippen molar-refractivity contribution < 1.29 is 5.11 Å². The van der Waals surface area contributed by atoms with Gasteiger partial charge in [-0.1, -0.05) is 30.4 Å². The highest BCUT2D eigenvalue weighted by Gasteiger charge is 1.88. The Morgan fingerprint density at radius 2 is 1.67 bits per heavy atom. The molecule has 0 saturated carbocycles. The second-order valence-electron chi connectivity index (χ2n) is 3.21. The molecule has 2 nitrogen and oxygen atoms in total. The van der Waals surface area contributed by atoms with Crippen LogP contribution in [0.1, 0.15) is 11.1 Å². The summed E-state index contributed by atoms with van der Waals surface area (Å²) in [6.45, 7) is 0. The molecule has 2 heteroatoms.